The maximum atomic E-state index is 12.7. The summed E-state index contributed by atoms with van der Waals surface area (Å²) in [4.78, 5) is 14.4. The van der Waals surface area contributed by atoms with Crippen LogP contribution in [0, 0.1) is 0 Å². The van der Waals surface area contributed by atoms with E-state index in [1.54, 1.807) is 19.2 Å². The predicted octanol–water partition coefficient (Wildman–Crippen LogP) is 0.389. The molecule has 1 heterocycles. The van der Waals surface area contributed by atoms with Crippen molar-refractivity contribution >= 4 is 15.9 Å². The van der Waals surface area contributed by atoms with Gasteiger partial charge in [0.05, 0.1) is 4.90 Å². The van der Waals surface area contributed by atoms with Crippen molar-refractivity contribution in [2.75, 3.05) is 53.5 Å². The van der Waals surface area contributed by atoms with Crippen molar-refractivity contribution in [1.82, 2.24) is 14.5 Å². The number of ether oxygens (including phenoxy) is 1. The highest BCUT2D eigenvalue weighted by Gasteiger charge is 2.27. The van der Waals surface area contributed by atoms with Crippen LogP contribution in [0.4, 0.5) is 0 Å². The summed E-state index contributed by atoms with van der Waals surface area (Å²) in [6.07, 6.45) is 0.710. The molecule has 0 unspecified atom stereocenters. The van der Waals surface area contributed by atoms with Crippen LogP contribution in [-0.2, 0) is 14.8 Å². The summed E-state index contributed by atoms with van der Waals surface area (Å²) in [5, 5.41) is 2.76. The molecule has 1 aliphatic rings. The monoisotopic (exact) mass is 355 g/mol. The first-order chi connectivity index (χ1) is 11.4. The number of hydrogen-bond acceptors (Lipinski definition) is 5. The van der Waals surface area contributed by atoms with Gasteiger partial charge in [0.25, 0.3) is 5.91 Å². The van der Waals surface area contributed by atoms with Gasteiger partial charge >= 0.3 is 0 Å². The molecule has 1 saturated heterocycles. The van der Waals surface area contributed by atoms with Crippen molar-refractivity contribution in [2.45, 2.75) is 11.3 Å². The van der Waals surface area contributed by atoms with E-state index in [-0.39, 0.29) is 10.8 Å². The van der Waals surface area contributed by atoms with Gasteiger partial charge in [-0.05, 0) is 31.7 Å². The van der Waals surface area contributed by atoms with Gasteiger partial charge in [-0.3, -0.25) is 4.79 Å². The number of sulfonamides is 1. The van der Waals surface area contributed by atoms with Crippen LogP contribution in [0.15, 0.2) is 29.2 Å². The molecule has 1 aromatic carbocycles. The Morgan fingerprint density at radius 3 is 2.62 bits per heavy atom. The average Bonchev–Trinajstić information content (AvgIpc) is 2.59. The quantitative estimate of drug-likeness (QED) is 0.716. The van der Waals surface area contributed by atoms with E-state index < -0.39 is 10.0 Å². The van der Waals surface area contributed by atoms with E-state index in [0.29, 0.717) is 51.3 Å². The number of benzene rings is 1. The molecule has 0 aliphatic carbocycles. The van der Waals surface area contributed by atoms with Crippen LogP contribution in [-0.4, -0.2) is 77.0 Å². The van der Waals surface area contributed by atoms with Gasteiger partial charge in [-0.25, -0.2) is 8.42 Å². The second-order valence-electron chi connectivity index (χ2n) is 5.84. The third-order valence-corrected chi connectivity index (χ3v) is 5.90. The second-order valence-corrected chi connectivity index (χ2v) is 7.78. The molecular weight excluding hydrogens is 330 g/mol. The second kappa shape index (κ2) is 8.57. The highest BCUT2D eigenvalue weighted by atomic mass is 32.2. The number of amides is 1. The Hall–Kier alpha value is -1.48. The Balaban J connectivity index is 2.07. The number of carbonyl (C=O) groups is 1. The van der Waals surface area contributed by atoms with E-state index in [1.807, 2.05) is 7.05 Å². The summed E-state index contributed by atoms with van der Waals surface area (Å²) < 4.78 is 31.9. The van der Waals surface area contributed by atoms with E-state index in [4.69, 9.17) is 4.74 Å². The van der Waals surface area contributed by atoms with Gasteiger partial charge in [0.1, 0.15) is 0 Å². The third kappa shape index (κ3) is 4.76. The van der Waals surface area contributed by atoms with E-state index >= 15 is 0 Å². The van der Waals surface area contributed by atoms with Crippen LogP contribution < -0.4 is 5.32 Å². The molecular formula is C16H25N3O4S. The number of methoxy groups -OCH3 is 1. The predicted molar refractivity (Wildman–Crippen MR) is 91.5 cm³/mol. The maximum absolute atomic E-state index is 12.7. The molecule has 0 radical (unpaired) electrons. The summed E-state index contributed by atoms with van der Waals surface area (Å²) >= 11 is 0. The molecule has 0 aromatic heterocycles. The van der Waals surface area contributed by atoms with Gasteiger partial charge in [-0.2, -0.15) is 4.31 Å². The van der Waals surface area contributed by atoms with Crippen molar-refractivity contribution < 1.29 is 17.9 Å². The lowest BCUT2D eigenvalue weighted by atomic mass is 10.2. The van der Waals surface area contributed by atoms with Gasteiger partial charge in [0.2, 0.25) is 10.0 Å². The smallest absolute Gasteiger partial charge is 0.251 e. The number of hydrogen-bond donors (Lipinski definition) is 1. The van der Waals surface area contributed by atoms with E-state index in [0.717, 1.165) is 0 Å². The van der Waals surface area contributed by atoms with Crippen LogP contribution in [0.1, 0.15) is 16.8 Å². The average molecular weight is 355 g/mol. The summed E-state index contributed by atoms with van der Waals surface area (Å²) in [7, 11) is 0.0125. The van der Waals surface area contributed by atoms with Crippen LogP contribution in [0.25, 0.3) is 0 Å². The van der Waals surface area contributed by atoms with Crippen LogP contribution in [0.3, 0.4) is 0 Å². The Morgan fingerprint density at radius 1 is 1.25 bits per heavy atom. The zero-order valence-corrected chi connectivity index (χ0v) is 15.0. The first-order valence-electron chi connectivity index (χ1n) is 8.01. The van der Waals surface area contributed by atoms with Crippen molar-refractivity contribution in [3.63, 3.8) is 0 Å². The molecule has 24 heavy (non-hydrogen) atoms. The van der Waals surface area contributed by atoms with E-state index in [2.05, 4.69) is 10.2 Å². The molecule has 7 nitrogen and oxygen atoms in total. The van der Waals surface area contributed by atoms with Gasteiger partial charge in [-0.1, -0.05) is 6.07 Å². The zero-order chi connectivity index (χ0) is 17.6. The third-order valence-electron chi connectivity index (χ3n) is 4.01. The number of piperazine rings is 1. The zero-order valence-electron chi connectivity index (χ0n) is 14.2. The Morgan fingerprint density at radius 2 is 1.96 bits per heavy atom. The fourth-order valence-corrected chi connectivity index (χ4v) is 3.96. The normalized spacial score (nSPS) is 16.9. The van der Waals surface area contributed by atoms with Crippen molar-refractivity contribution in [2.24, 2.45) is 0 Å². The number of carbonyl (C=O) groups excluding carboxylic acids is 1. The van der Waals surface area contributed by atoms with Crippen LogP contribution in [0.2, 0.25) is 0 Å². The minimum Gasteiger partial charge on any atom is -0.385 e. The van der Waals surface area contributed by atoms with Crippen molar-refractivity contribution in [3.8, 4) is 0 Å². The molecule has 1 N–H and O–H groups in total. The number of nitrogens with zero attached hydrogens (tertiary/aromatic N) is 2. The summed E-state index contributed by atoms with van der Waals surface area (Å²) in [5.41, 5.74) is 0.350. The molecule has 2 rings (SSSR count). The summed E-state index contributed by atoms with van der Waals surface area (Å²) in [6.45, 7) is 3.40. The fourth-order valence-electron chi connectivity index (χ4n) is 2.50. The fraction of sp³-hybridized carbons (Fsp3) is 0.562. The molecule has 1 aliphatic heterocycles. The first kappa shape index (κ1) is 18.9. The Bertz CT molecular complexity index is 655. The van der Waals surface area contributed by atoms with Gasteiger partial charge < -0.3 is 15.0 Å². The van der Waals surface area contributed by atoms with Crippen molar-refractivity contribution in [1.29, 1.82) is 0 Å². The lowest BCUT2D eigenvalue weighted by Gasteiger charge is -2.31. The molecule has 1 aromatic rings. The molecule has 1 fully saturated rings. The standard InChI is InChI=1S/C16H25N3O4S/c1-18-8-10-19(11-9-18)24(21,22)15-6-3-5-14(13-15)16(20)17-7-4-12-23-2/h3,5-6,13H,4,7-12H2,1-2H3,(H,17,20). The van der Waals surface area contributed by atoms with Crippen LogP contribution >= 0.6 is 0 Å². The topological polar surface area (TPSA) is 78.9 Å². The van der Waals surface area contributed by atoms with Crippen LogP contribution in [0.5, 0.6) is 0 Å². The lowest BCUT2D eigenvalue weighted by Crippen LogP contribution is -2.47. The molecule has 0 spiro atoms. The molecule has 0 atom stereocenters. The Kier molecular flexibility index (Phi) is 6.73. The van der Waals surface area contributed by atoms with Gasteiger partial charge in [-0.15, -0.1) is 0 Å². The number of nitrogens with one attached hydrogen (secondary N) is 1. The largest absolute Gasteiger partial charge is 0.385 e. The SMILES string of the molecule is COCCCNC(=O)c1cccc(S(=O)(=O)N2CCN(C)CC2)c1. The minimum absolute atomic E-state index is 0.164. The minimum atomic E-state index is -3.56. The van der Waals surface area contributed by atoms with E-state index in [1.165, 1.54) is 16.4 Å². The number of rotatable bonds is 7. The molecule has 1 amide bonds. The van der Waals surface area contributed by atoms with E-state index in [9.17, 15) is 13.2 Å². The maximum Gasteiger partial charge on any atom is 0.251 e. The molecule has 134 valence electrons. The van der Waals surface area contributed by atoms with Crippen molar-refractivity contribution in [3.05, 3.63) is 29.8 Å². The van der Waals surface area contributed by atoms with Gasteiger partial charge in [0.15, 0.2) is 0 Å². The Labute approximate surface area is 143 Å². The lowest BCUT2D eigenvalue weighted by molar-refractivity contribution is 0.0948. The summed E-state index contributed by atoms with van der Waals surface area (Å²) in [5.74, 6) is -0.276. The number of likely N-dealkylation sites (N-methyl/N-ethyl adjacent to an activating group) is 1. The first-order valence-corrected chi connectivity index (χ1v) is 9.45. The van der Waals surface area contributed by atoms with Gasteiger partial charge in [0, 0.05) is 52.0 Å². The highest BCUT2D eigenvalue weighted by molar-refractivity contribution is 7.89. The summed E-state index contributed by atoms with van der Waals surface area (Å²) in [6, 6.07) is 6.20. The molecule has 0 bridgehead atoms. The highest BCUT2D eigenvalue weighted by Crippen LogP contribution is 2.18. The molecule has 8 heteroatoms. The molecule has 0 saturated carbocycles.